The Morgan fingerprint density at radius 1 is 1.41 bits per heavy atom. The van der Waals surface area contributed by atoms with Gasteiger partial charge in [-0.3, -0.25) is 4.84 Å². The Hall–Kier alpha value is 0.0969. The van der Waals surface area contributed by atoms with Crippen LogP contribution in [0.15, 0.2) is 0 Å². The lowest BCUT2D eigenvalue weighted by molar-refractivity contribution is -0.259. The van der Waals surface area contributed by atoms with Gasteiger partial charge in [-0.05, 0) is 31.5 Å². The number of hydrogen-bond donors (Lipinski definition) is 0. The molecule has 102 valence electrons. The van der Waals surface area contributed by atoms with Gasteiger partial charge in [0, 0.05) is 19.5 Å². The van der Waals surface area contributed by atoms with E-state index in [4.69, 9.17) is 9.26 Å². The third-order valence-electron chi connectivity index (χ3n) is 4.21. The van der Waals surface area contributed by atoms with Crippen LogP contribution < -0.4 is 0 Å². The van der Waals surface area contributed by atoms with Crippen LogP contribution in [0.2, 0.25) is 18.1 Å². The summed E-state index contributed by atoms with van der Waals surface area (Å²) in [5.74, 6) is -0.432. The van der Waals surface area contributed by atoms with E-state index in [-0.39, 0.29) is 5.04 Å². The molecule has 0 aromatic heterocycles. The fourth-order valence-corrected chi connectivity index (χ4v) is 3.63. The highest BCUT2D eigenvalue weighted by atomic mass is 28.4. The SMILES string of the molecule is CC[C@H]1C[C@@](C)(O[Si](C)(C)C(C)(C)C)ON1C. The zero-order valence-electron chi connectivity index (χ0n) is 12.8. The monoisotopic (exact) mass is 259 g/mol. The minimum atomic E-state index is -1.77. The predicted octanol–water partition coefficient (Wildman–Crippen LogP) is 3.77. The fraction of sp³-hybridized carbons (Fsp3) is 1.00. The summed E-state index contributed by atoms with van der Waals surface area (Å²) in [6.45, 7) is 15.6. The maximum absolute atomic E-state index is 6.43. The molecule has 4 heteroatoms. The Kier molecular flexibility index (Phi) is 4.14. The van der Waals surface area contributed by atoms with Crippen LogP contribution in [-0.2, 0) is 9.26 Å². The van der Waals surface area contributed by atoms with Crippen molar-refractivity contribution in [3.63, 3.8) is 0 Å². The van der Waals surface area contributed by atoms with Crippen LogP contribution in [0.4, 0.5) is 0 Å². The molecule has 1 fully saturated rings. The van der Waals surface area contributed by atoms with Gasteiger partial charge in [0.2, 0.25) is 0 Å². The molecule has 0 aliphatic carbocycles. The van der Waals surface area contributed by atoms with Crippen molar-refractivity contribution >= 4 is 8.32 Å². The van der Waals surface area contributed by atoms with Crippen molar-refractivity contribution in [1.82, 2.24) is 5.06 Å². The lowest BCUT2D eigenvalue weighted by Crippen LogP contribution is -2.48. The Morgan fingerprint density at radius 3 is 2.29 bits per heavy atom. The van der Waals surface area contributed by atoms with Crippen molar-refractivity contribution in [3.05, 3.63) is 0 Å². The van der Waals surface area contributed by atoms with Gasteiger partial charge in [-0.15, -0.1) is 0 Å². The molecule has 0 radical (unpaired) electrons. The number of rotatable bonds is 3. The van der Waals surface area contributed by atoms with E-state index < -0.39 is 14.1 Å². The van der Waals surface area contributed by atoms with Gasteiger partial charge in [-0.1, -0.05) is 27.7 Å². The van der Waals surface area contributed by atoms with Crippen LogP contribution in [-0.4, -0.2) is 32.3 Å². The highest BCUT2D eigenvalue weighted by molar-refractivity contribution is 6.74. The molecule has 1 aliphatic heterocycles. The van der Waals surface area contributed by atoms with Gasteiger partial charge in [0.05, 0.1) is 0 Å². The van der Waals surface area contributed by atoms with E-state index in [1.807, 2.05) is 12.1 Å². The molecule has 2 atom stereocenters. The van der Waals surface area contributed by atoms with Gasteiger partial charge < -0.3 is 4.43 Å². The molecule has 17 heavy (non-hydrogen) atoms. The second-order valence-corrected chi connectivity index (χ2v) is 11.6. The van der Waals surface area contributed by atoms with Gasteiger partial charge in [-0.25, -0.2) is 0 Å². The summed E-state index contributed by atoms with van der Waals surface area (Å²) >= 11 is 0. The largest absolute Gasteiger partial charge is 0.389 e. The highest BCUT2D eigenvalue weighted by Crippen LogP contribution is 2.42. The molecule has 0 saturated carbocycles. The van der Waals surface area contributed by atoms with E-state index in [2.05, 4.69) is 47.7 Å². The molecule has 0 unspecified atom stereocenters. The Bertz CT molecular complexity index is 275. The summed E-state index contributed by atoms with van der Waals surface area (Å²) in [5.41, 5.74) is 0. The molecule has 1 heterocycles. The average Bonchev–Trinajstić information content (AvgIpc) is 2.37. The van der Waals surface area contributed by atoms with Gasteiger partial charge in [0.1, 0.15) is 0 Å². The molecule has 1 rings (SSSR count). The van der Waals surface area contributed by atoms with Crippen molar-refractivity contribution in [2.75, 3.05) is 7.05 Å². The Morgan fingerprint density at radius 2 is 1.94 bits per heavy atom. The fourth-order valence-electron chi connectivity index (χ4n) is 2.13. The summed E-state index contributed by atoms with van der Waals surface area (Å²) in [6.07, 6.45) is 2.07. The zero-order chi connectivity index (χ0) is 13.5. The molecule has 1 aliphatic rings. The second-order valence-electron chi connectivity index (χ2n) is 6.90. The van der Waals surface area contributed by atoms with Crippen LogP contribution in [0.3, 0.4) is 0 Å². The third kappa shape index (κ3) is 3.31. The predicted molar refractivity (Wildman–Crippen MR) is 74.2 cm³/mol. The molecule has 0 aromatic rings. The Labute approximate surface area is 108 Å². The molecule has 0 spiro atoms. The minimum absolute atomic E-state index is 0.224. The standard InChI is InChI=1S/C13H29NO2Si/c1-9-11-10-13(5,15-14(11)6)16-17(7,8)12(2,3)4/h11H,9-10H2,1-8H3/t11-,13+/m0/s1. The summed E-state index contributed by atoms with van der Waals surface area (Å²) in [5, 5.41) is 2.19. The van der Waals surface area contributed by atoms with Gasteiger partial charge in [0.25, 0.3) is 0 Å². The van der Waals surface area contributed by atoms with E-state index in [0.29, 0.717) is 6.04 Å². The van der Waals surface area contributed by atoms with Crippen LogP contribution >= 0.6 is 0 Å². The molecule has 0 N–H and O–H groups in total. The van der Waals surface area contributed by atoms with Gasteiger partial charge in [0.15, 0.2) is 14.1 Å². The van der Waals surface area contributed by atoms with Crippen LogP contribution in [0.5, 0.6) is 0 Å². The first-order valence-electron chi connectivity index (χ1n) is 6.63. The van der Waals surface area contributed by atoms with E-state index in [9.17, 15) is 0 Å². The van der Waals surface area contributed by atoms with Crippen molar-refractivity contribution < 1.29 is 9.26 Å². The van der Waals surface area contributed by atoms with Gasteiger partial charge >= 0.3 is 0 Å². The van der Waals surface area contributed by atoms with Gasteiger partial charge in [-0.2, -0.15) is 5.06 Å². The molecule has 0 bridgehead atoms. The minimum Gasteiger partial charge on any atom is -0.389 e. The first-order valence-corrected chi connectivity index (χ1v) is 9.54. The average molecular weight is 259 g/mol. The number of hydrogen-bond acceptors (Lipinski definition) is 3. The van der Waals surface area contributed by atoms with E-state index in [1.54, 1.807) is 0 Å². The first-order chi connectivity index (χ1) is 7.51. The molecular weight excluding hydrogens is 230 g/mol. The quantitative estimate of drug-likeness (QED) is 0.720. The van der Waals surface area contributed by atoms with Crippen LogP contribution in [0.25, 0.3) is 0 Å². The number of nitrogens with zero attached hydrogens (tertiary/aromatic N) is 1. The normalized spacial score (nSPS) is 32.1. The Balaban J connectivity index is 2.76. The van der Waals surface area contributed by atoms with Crippen molar-refractivity contribution in [3.8, 4) is 0 Å². The van der Waals surface area contributed by atoms with Crippen molar-refractivity contribution in [2.24, 2.45) is 0 Å². The molecule has 1 saturated heterocycles. The van der Waals surface area contributed by atoms with Crippen molar-refractivity contribution in [2.45, 2.75) is 77.4 Å². The smallest absolute Gasteiger partial charge is 0.195 e. The maximum Gasteiger partial charge on any atom is 0.195 e. The van der Waals surface area contributed by atoms with Crippen molar-refractivity contribution in [1.29, 1.82) is 0 Å². The highest BCUT2D eigenvalue weighted by Gasteiger charge is 2.48. The van der Waals surface area contributed by atoms with E-state index in [1.165, 1.54) is 0 Å². The summed E-state index contributed by atoms with van der Waals surface area (Å²) < 4.78 is 6.43. The molecule has 3 nitrogen and oxygen atoms in total. The molecular formula is C13H29NO2Si. The van der Waals surface area contributed by atoms with Crippen LogP contribution in [0, 0.1) is 0 Å². The third-order valence-corrected chi connectivity index (χ3v) is 8.76. The second kappa shape index (κ2) is 4.65. The lowest BCUT2D eigenvalue weighted by atomic mass is 10.1. The van der Waals surface area contributed by atoms with Crippen LogP contribution in [0.1, 0.15) is 47.5 Å². The zero-order valence-corrected chi connectivity index (χ0v) is 13.8. The van der Waals surface area contributed by atoms with E-state index in [0.717, 1.165) is 12.8 Å². The first kappa shape index (κ1) is 15.2. The summed E-state index contributed by atoms with van der Waals surface area (Å²) in [4.78, 5) is 5.93. The number of hydroxylamine groups is 2. The molecule has 0 aromatic carbocycles. The summed E-state index contributed by atoms with van der Waals surface area (Å²) in [7, 11) is 0.242. The van der Waals surface area contributed by atoms with E-state index >= 15 is 0 Å². The summed E-state index contributed by atoms with van der Waals surface area (Å²) in [6, 6.07) is 0.477. The topological polar surface area (TPSA) is 21.7 Å². The molecule has 0 amide bonds. The lowest BCUT2D eigenvalue weighted by Gasteiger charge is -2.41. The maximum atomic E-state index is 6.43.